The van der Waals surface area contributed by atoms with Gasteiger partial charge in [0.25, 0.3) is 0 Å². The molecule has 2 aromatic rings. The van der Waals surface area contributed by atoms with Crippen LogP contribution in [-0.2, 0) is 0 Å². The highest BCUT2D eigenvalue weighted by Crippen LogP contribution is 2.35. The average molecular weight is 438 g/mol. The Hall–Kier alpha value is -0.260. The Morgan fingerprint density at radius 2 is 1.83 bits per heavy atom. The van der Waals surface area contributed by atoms with E-state index >= 15 is 0 Å². The van der Waals surface area contributed by atoms with E-state index in [0.717, 1.165) is 10.8 Å². The van der Waals surface area contributed by atoms with Crippen molar-refractivity contribution < 1.29 is 4.74 Å². The Morgan fingerprint density at radius 1 is 1.17 bits per heavy atom. The molecule has 0 bridgehead atoms. The molecule has 0 radical (unpaired) electrons. The van der Waals surface area contributed by atoms with Crippen LogP contribution in [0.3, 0.4) is 0 Å². The lowest BCUT2D eigenvalue weighted by Gasteiger charge is -2.13. The minimum atomic E-state index is 0.133. The van der Waals surface area contributed by atoms with E-state index < -0.39 is 0 Å². The lowest BCUT2D eigenvalue weighted by molar-refractivity contribution is 0.414. The number of methoxy groups -OCH3 is 1. The van der Waals surface area contributed by atoms with Crippen LogP contribution in [0.1, 0.15) is 16.0 Å². The van der Waals surface area contributed by atoms with Gasteiger partial charge in [-0.3, -0.25) is 0 Å². The molecule has 0 aliphatic rings. The minimum Gasteiger partial charge on any atom is -0.497 e. The summed E-state index contributed by atoms with van der Waals surface area (Å²) in [5.41, 5.74) is 2.35. The predicted octanol–water partition coefficient (Wildman–Crippen LogP) is 5.44. The van der Waals surface area contributed by atoms with Crippen molar-refractivity contribution in [2.75, 3.05) is 7.11 Å². The third-order valence-corrected chi connectivity index (χ3v) is 4.88. The summed E-state index contributed by atoms with van der Waals surface area (Å²) in [4.78, 5) is 0.133. The van der Waals surface area contributed by atoms with Gasteiger partial charge in [0.1, 0.15) is 5.75 Å². The summed E-state index contributed by atoms with van der Waals surface area (Å²) in [6.45, 7) is 0. The van der Waals surface area contributed by atoms with Crippen molar-refractivity contribution in [2.24, 2.45) is 0 Å². The van der Waals surface area contributed by atoms with Gasteiger partial charge >= 0.3 is 0 Å². The maximum Gasteiger partial charge on any atom is 0.118 e. The zero-order valence-corrected chi connectivity index (χ0v) is 14.2. The number of hydrogen-bond donors (Lipinski definition) is 0. The number of hydrogen-bond acceptors (Lipinski definition) is 1. The second kappa shape index (κ2) is 6.26. The first-order valence-corrected chi connectivity index (χ1v) is 7.72. The molecule has 94 valence electrons. The van der Waals surface area contributed by atoms with Gasteiger partial charge in [-0.15, -0.1) is 0 Å². The number of ether oxygens (including phenoxy) is 1. The quantitative estimate of drug-likeness (QED) is 0.459. The third kappa shape index (κ3) is 3.19. The average Bonchev–Trinajstić information content (AvgIpc) is 2.41. The van der Waals surface area contributed by atoms with Gasteiger partial charge in [-0.05, 0) is 64.0 Å². The lowest BCUT2D eigenvalue weighted by Crippen LogP contribution is -1.96. The topological polar surface area (TPSA) is 9.23 Å². The smallest absolute Gasteiger partial charge is 0.118 e. The third-order valence-electron chi connectivity index (χ3n) is 2.64. The van der Waals surface area contributed by atoms with E-state index in [-0.39, 0.29) is 4.83 Å². The van der Waals surface area contributed by atoms with Crippen molar-refractivity contribution in [1.29, 1.82) is 0 Å². The molecule has 1 atom stereocenters. The second-order valence-electron chi connectivity index (χ2n) is 3.80. The maximum atomic E-state index is 6.05. The van der Waals surface area contributed by atoms with E-state index in [4.69, 9.17) is 16.3 Å². The standard InChI is InChI=1S/C14H11BrClIO/c1-18-11-5-2-9(3-6-11)14(15)12-8-10(16)4-7-13(12)17/h2-8,14H,1H3. The SMILES string of the molecule is COc1ccc(C(Br)c2cc(Cl)ccc2I)cc1. The van der Waals surface area contributed by atoms with Crippen LogP contribution in [0.4, 0.5) is 0 Å². The first kappa shape index (κ1) is 14.2. The summed E-state index contributed by atoms with van der Waals surface area (Å²) in [6.07, 6.45) is 0. The summed E-state index contributed by atoms with van der Waals surface area (Å²) in [7, 11) is 1.67. The van der Waals surface area contributed by atoms with Crippen LogP contribution in [0, 0.1) is 3.57 Å². The molecule has 0 aromatic heterocycles. The fourth-order valence-electron chi connectivity index (χ4n) is 1.66. The van der Waals surface area contributed by atoms with Crippen molar-refractivity contribution >= 4 is 50.1 Å². The molecule has 0 saturated heterocycles. The molecule has 4 heteroatoms. The zero-order chi connectivity index (χ0) is 13.1. The van der Waals surface area contributed by atoms with Crippen molar-refractivity contribution in [2.45, 2.75) is 4.83 Å². The van der Waals surface area contributed by atoms with Crippen LogP contribution < -0.4 is 4.74 Å². The lowest BCUT2D eigenvalue weighted by atomic mass is 10.0. The molecule has 0 saturated carbocycles. The summed E-state index contributed by atoms with van der Waals surface area (Å²) in [5, 5.41) is 0.753. The Balaban J connectivity index is 2.34. The van der Waals surface area contributed by atoms with Crippen molar-refractivity contribution in [1.82, 2.24) is 0 Å². The van der Waals surface area contributed by atoms with Gasteiger partial charge < -0.3 is 4.74 Å². The molecular weight excluding hydrogens is 426 g/mol. The van der Waals surface area contributed by atoms with Crippen LogP contribution in [0.25, 0.3) is 0 Å². The summed E-state index contributed by atoms with van der Waals surface area (Å²) >= 11 is 12.1. The molecule has 1 unspecified atom stereocenters. The first-order valence-electron chi connectivity index (χ1n) is 5.35. The molecule has 0 aliphatic carbocycles. The normalized spacial score (nSPS) is 12.2. The number of alkyl halides is 1. The predicted molar refractivity (Wildman–Crippen MR) is 87.9 cm³/mol. The summed E-state index contributed by atoms with van der Waals surface area (Å²) < 4.78 is 6.35. The fourth-order valence-corrected chi connectivity index (χ4v) is 3.60. The molecule has 1 nitrogen and oxygen atoms in total. The molecule has 0 N–H and O–H groups in total. The van der Waals surface area contributed by atoms with Crippen molar-refractivity contribution in [3.63, 3.8) is 0 Å². The zero-order valence-electron chi connectivity index (χ0n) is 9.66. The minimum absolute atomic E-state index is 0.133. The second-order valence-corrected chi connectivity index (χ2v) is 6.32. The maximum absolute atomic E-state index is 6.05. The Bertz CT molecular complexity index is 542. The van der Waals surface area contributed by atoms with Crippen LogP contribution >= 0.6 is 50.1 Å². The summed E-state index contributed by atoms with van der Waals surface area (Å²) in [5.74, 6) is 0.860. The van der Waals surface area contributed by atoms with Crippen LogP contribution in [0.15, 0.2) is 42.5 Å². The van der Waals surface area contributed by atoms with Gasteiger partial charge in [0.2, 0.25) is 0 Å². The Kier molecular flexibility index (Phi) is 4.92. The van der Waals surface area contributed by atoms with Gasteiger partial charge in [0.05, 0.1) is 11.9 Å². The highest BCUT2D eigenvalue weighted by atomic mass is 127. The molecule has 18 heavy (non-hydrogen) atoms. The Morgan fingerprint density at radius 3 is 2.44 bits per heavy atom. The van der Waals surface area contributed by atoms with E-state index in [1.807, 2.05) is 30.3 Å². The van der Waals surface area contributed by atoms with E-state index in [1.165, 1.54) is 14.7 Å². The van der Waals surface area contributed by atoms with Crippen molar-refractivity contribution in [3.05, 3.63) is 62.2 Å². The van der Waals surface area contributed by atoms with Crippen molar-refractivity contribution in [3.8, 4) is 5.75 Å². The van der Waals surface area contributed by atoms with Crippen LogP contribution in [0.2, 0.25) is 5.02 Å². The van der Waals surface area contributed by atoms with Gasteiger partial charge in [-0.2, -0.15) is 0 Å². The van der Waals surface area contributed by atoms with Gasteiger partial charge in [0.15, 0.2) is 0 Å². The first-order chi connectivity index (χ1) is 8.61. The molecule has 0 heterocycles. The number of benzene rings is 2. The van der Waals surface area contributed by atoms with Crippen LogP contribution in [0.5, 0.6) is 5.75 Å². The van der Waals surface area contributed by atoms with E-state index in [9.17, 15) is 0 Å². The van der Waals surface area contributed by atoms with Gasteiger partial charge in [0, 0.05) is 8.59 Å². The molecular formula is C14H11BrClIO. The molecule has 2 rings (SSSR count). The molecule has 0 aliphatic heterocycles. The number of rotatable bonds is 3. The van der Waals surface area contributed by atoms with E-state index in [2.05, 4.69) is 50.7 Å². The largest absolute Gasteiger partial charge is 0.497 e. The Labute approximate surface area is 134 Å². The molecule has 0 spiro atoms. The van der Waals surface area contributed by atoms with E-state index in [0.29, 0.717) is 0 Å². The fraction of sp³-hybridized carbons (Fsp3) is 0.143. The highest BCUT2D eigenvalue weighted by Gasteiger charge is 2.14. The molecule has 0 amide bonds. The molecule has 0 fully saturated rings. The van der Waals surface area contributed by atoms with Crippen LogP contribution in [-0.4, -0.2) is 7.11 Å². The van der Waals surface area contributed by atoms with E-state index in [1.54, 1.807) is 7.11 Å². The van der Waals surface area contributed by atoms with Gasteiger partial charge in [-0.25, -0.2) is 0 Å². The van der Waals surface area contributed by atoms with Gasteiger partial charge in [-0.1, -0.05) is 39.7 Å². The number of halogens is 3. The highest BCUT2D eigenvalue weighted by molar-refractivity contribution is 14.1. The monoisotopic (exact) mass is 436 g/mol. The summed E-state index contributed by atoms with van der Waals surface area (Å²) in [6, 6.07) is 13.9. The molecule has 2 aromatic carbocycles.